The van der Waals surface area contributed by atoms with Crippen molar-refractivity contribution in [2.45, 2.75) is 45.1 Å². The molecule has 0 aromatic carbocycles. The van der Waals surface area contributed by atoms with Crippen molar-refractivity contribution in [3.8, 4) is 0 Å². The Morgan fingerprint density at radius 3 is 2.80 bits per heavy atom. The van der Waals surface area contributed by atoms with Gasteiger partial charge in [-0.2, -0.15) is 5.10 Å². The molecule has 15 heavy (non-hydrogen) atoms. The molecule has 2 rings (SSSR count). The molecule has 1 aliphatic carbocycles. The van der Waals surface area contributed by atoms with Gasteiger partial charge in [0.1, 0.15) is 0 Å². The average Bonchev–Trinajstić information content (AvgIpc) is 2.84. The highest BCUT2D eigenvalue weighted by atomic mass is 16.3. The minimum atomic E-state index is -0.295. The van der Waals surface area contributed by atoms with Crippen LogP contribution in [0.25, 0.3) is 0 Å². The Kier molecular flexibility index (Phi) is 3.10. The molecule has 1 N–H and O–H groups in total. The van der Waals surface area contributed by atoms with E-state index in [1.165, 1.54) is 25.7 Å². The molecular weight excluding hydrogens is 188 g/mol. The summed E-state index contributed by atoms with van der Waals surface area (Å²) in [7, 11) is 1.92. The van der Waals surface area contributed by atoms with Crippen molar-refractivity contribution >= 4 is 0 Å². The predicted octanol–water partition coefficient (Wildman–Crippen LogP) is 2.21. The normalized spacial score (nSPS) is 19.7. The van der Waals surface area contributed by atoms with Gasteiger partial charge in [-0.1, -0.05) is 19.8 Å². The third kappa shape index (κ3) is 2.07. The Morgan fingerprint density at radius 1 is 1.53 bits per heavy atom. The van der Waals surface area contributed by atoms with Crippen LogP contribution < -0.4 is 0 Å². The first-order valence-electron chi connectivity index (χ1n) is 5.93. The number of aromatic nitrogens is 2. The summed E-state index contributed by atoms with van der Waals surface area (Å²) in [6.45, 7) is 2.09. The van der Waals surface area contributed by atoms with E-state index in [-0.39, 0.29) is 6.10 Å². The van der Waals surface area contributed by atoms with Crippen LogP contribution in [0.1, 0.15) is 50.0 Å². The van der Waals surface area contributed by atoms with Gasteiger partial charge in [-0.3, -0.25) is 4.68 Å². The maximum absolute atomic E-state index is 10.3. The molecule has 84 valence electrons. The predicted molar refractivity (Wildman–Crippen MR) is 59.5 cm³/mol. The Hall–Kier alpha value is -0.830. The van der Waals surface area contributed by atoms with Gasteiger partial charge < -0.3 is 5.11 Å². The third-order valence-electron chi connectivity index (χ3n) is 3.44. The first-order valence-corrected chi connectivity index (χ1v) is 5.93. The number of hydrogen-bond acceptors (Lipinski definition) is 2. The van der Waals surface area contributed by atoms with Crippen LogP contribution in [0.5, 0.6) is 0 Å². The first-order chi connectivity index (χ1) is 7.22. The minimum absolute atomic E-state index is 0.295. The number of aryl methyl sites for hydroxylation is 2. The SMILES string of the molecule is CCc1nn(C)cc1C(O)C1CCCC1. The molecule has 3 heteroatoms. The van der Waals surface area contributed by atoms with Crippen LogP contribution in [0.4, 0.5) is 0 Å². The highest BCUT2D eigenvalue weighted by molar-refractivity contribution is 5.20. The second kappa shape index (κ2) is 4.35. The number of aliphatic hydroxyl groups excluding tert-OH is 1. The summed E-state index contributed by atoms with van der Waals surface area (Å²) in [6.07, 6.45) is 7.45. The van der Waals surface area contributed by atoms with E-state index in [1.54, 1.807) is 0 Å². The van der Waals surface area contributed by atoms with Crippen molar-refractivity contribution in [2.75, 3.05) is 0 Å². The Morgan fingerprint density at radius 2 is 2.20 bits per heavy atom. The molecule has 1 aromatic heterocycles. The van der Waals surface area contributed by atoms with Gasteiger partial charge in [-0.25, -0.2) is 0 Å². The van der Waals surface area contributed by atoms with E-state index in [1.807, 2.05) is 17.9 Å². The van der Waals surface area contributed by atoms with Crippen LogP contribution in [-0.2, 0) is 13.5 Å². The van der Waals surface area contributed by atoms with Gasteiger partial charge in [0.05, 0.1) is 11.8 Å². The third-order valence-corrected chi connectivity index (χ3v) is 3.44. The molecule has 1 unspecified atom stereocenters. The molecular formula is C12H20N2O. The molecule has 1 saturated carbocycles. The van der Waals surface area contributed by atoms with Crippen LogP contribution in [-0.4, -0.2) is 14.9 Å². The molecule has 0 amide bonds. The molecule has 1 heterocycles. The van der Waals surface area contributed by atoms with Crippen molar-refractivity contribution < 1.29 is 5.11 Å². The van der Waals surface area contributed by atoms with Crippen LogP contribution in [0, 0.1) is 5.92 Å². The van der Waals surface area contributed by atoms with Gasteiger partial charge in [0.25, 0.3) is 0 Å². The van der Waals surface area contributed by atoms with Crippen molar-refractivity contribution in [3.05, 3.63) is 17.5 Å². The van der Waals surface area contributed by atoms with E-state index < -0.39 is 0 Å². The summed E-state index contributed by atoms with van der Waals surface area (Å²) >= 11 is 0. The summed E-state index contributed by atoms with van der Waals surface area (Å²) < 4.78 is 1.81. The minimum Gasteiger partial charge on any atom is -0.388 e. The van der Waals surface area contributed by atoms with E-state index in [0.29, 0.717) is 5.92 Å². The molecule has 0 aliphatic heterocycles. The van der Waals surface area contributed by atoms with E-state index in [0.717, 1.165) is 17.7 Å². The molecule has 0 spiro atoms. The fourth-order valence-electron chi connectivity index (χ4n) is 2.60. The maximum atomic E-state index is 10.3. The highest BCUT2D eigenvalue weighted by Crippen LogP contribution is 2.36. The second-order valence-corrected chi connectivity index (χ2v) is 4.55. The topological polar surface area (TPSA) is 38.0 Å². The summed E-state index contributed by atoms with van der Waals surface area (Å²) in [5, 5.41) is 14.7. The van der Waals surface area contributed by atoms with Crippen LogP contribution >= 0.6 is 0 Å². The van der Waals surface area contributed by atoms with Crippen LogP contribution in [0.15, 0.2) is 6.20 Å². The standard InChI is InChI=1S/C12H20N2O/c1-3-11-10(8-14(2)13-11)12(15)9-6-4-5-7-9/h8-9,12,15H,3-7H2,1-2H3. The fraction of sp³-hybridized carbons (Fsp3) is 0.750. The quantitative estimate of drug-likeness (QED) is 0.827. The Balaban J connectivity index is 2.19. The number of nitrogens with zero attached hydrogens (tertiary/aromatic N) is 2. The first kappa shape index (κ1) is 10.7. The zero-order chi connectivity index (χ0) is 10.8. The van der Waals surface area contributed by atoms with Gasteiger partial charge >= 0.3 is 0 Å². The molecule has 0 radical (unpaired) electrons. The van der Waals surface area contributed by atoms with E-state index in [4.69, 9.17) is 0 Å². The lowest BCUT2D eigenvalue weighted by molar-refractivity contribution is 0.111. The number of rotatable bonds is 3. The van der Waals surface area contributed by atoms with E-state index >= 15 is 0 Å². The van der Waals surface area contributed by atoms with Crippen molar-refractivity contribution in [2.24, 2.45) is 13.0 Å². The molecule has 1 fully saturated rings. The summed E-state index contributed by atoms with van der Waals surface area (Å²) in [6, 6.07) is 0. The maximum Gasteiger partial charge on any atom is 0.0851 e. The Bertz CT molecular complexity index is 326. The summed E-state index contributed by atoms with van der Waals surface area (Å²) in [4.78, 5) is 0. The lowest BCUT2D eigenvalue weighted by atomic mass is 9.94. The largest absolute Gasteiger partial charge is 0.388 e. The smallest absolute Gasteiger partial charge is 0.0851 e. The van der Waals surface area contributed by atoms with Crippen molar-refractivity contribution in [1.29, 1.82) is 0 Å². The molecule has 3 nitrogen and oxygen atoms in total. The zero-order valence-electron chi connectivity index (χ0n) is 9.61. The molecule has 1 atom stereocenters. The van der Waals surface area contributed by atoms with Gasteiger partial charge in [-0.15, -0.1) is 0 Å². The van der Waals surface area contributed by atoms with Crippen molar-refractivity contribution in [3.63, 3.8) is 0 Å². The Labute approximate surface area is 91.1 Å². The zero-order valence-corrected chi connectivity index (χ0v) is 9.61. The monoisotopic (exact) mass is 208 g/mol. The summed E-state index contributed by atoms with van der Waals surface area (Å²) in [5.74, 6) is 0.458. The molecule has 1 aromatic rings. The molecule has 0 saturated heterocycles. The lowest BCUT2D eigenvalue weighted by Crippen LogP contribution is -2.09. The molecule has 1 aliphatic rings. The fourth-order valence-corrected chi connectivity index (χ4v) is 2.60. The van der Waals surface area contributed by atoms with Crippen LogP contribution in [0.3, 0.4) is 0 Å². The number of aliphatic hydroxyl groups is 1. The van der Waals surface area contributed by atoms with Gasteiger partial charge in [0.15, 0.2) is 0 Å². The average molecular weight is 208 g/mol. The van der Waals surface area contributed by atoms with E-state index in [9.17, 15) is 5.11 Å². The molecule has 0 bridgehead atoms. The lowest BCUT2D eigenvalue weighted by Gasteiger charge is -2.17. The second-order valence-electron chi connectivity index (χ2n) is 4.55. The van der Waals surface area contributed by atoms with Gasteiger partial charge in [0.2, 0.25) is 0 Å². The number of hydrogen-bond donors (Lipinski definition) is 1. The van der Waals surface area contributed by atoms with Crippen molar-refractivity contribution in [1.82, 2.24) is 9.78 Å². The van der Waals surface area contributed by atoms with Crippen LogP contribution in [0.2, 0.25) is 0 Å². The van der Waals surface area contributed by atoms with E-state index in [2.05, 4.69) is 12.0 Å². The van der Waals surface area contributed by atoms with Gasteiger partial charge in [-0.05, 0) is 25.2 Å². The summed E-state index contributed by atoms with van der Waals surface area (Å²) in [5.41, 5.74) is 2.10. The van der Waals surface area contributed by atoms with Gasteiger partial charge in [0, 0.05) is 18.8 Å². The highest BCUT2D eigenvalue weighted by Gasteiger charge is 2.27.